The van der Waals surface area contributed by atoms with E-state index in [0.717, 1.165) is 12.8 Å². The summed E-state index contributed by atoms with van der Waals surface area (Å²) < 4.78 is 0. The van der Waals surface area contributed by atoms with Crippen LogP contribution in [0.25, 0.3) is 0 Å². The Balaban J connectivity index is 2.09. The van der Waals surface area contributed by atoms with Crippen LogP contribution in [0.15, 0.2) is 18.3 Å². The summed E-state index contributed by atoms with van der Waals surface area (Å²) in [6.07, 6.45) is 4.22. The fourth-order valence-electron chi connectivity index (χ4n) is 2.39. The topological polar surface area (TPSA) is 105 Å². The van der Waals surface area contributed by atoms with Gasteiger partial charge < -0.3 is 10.4 Å². The standard InChI is InChI=1S/C12H15N3O4/c16-12(17)8-3-1-4-9(7-8)14-11-10(15(18)19)5-2-6-13-11/h2,5-6,8-9H,1,3-4,7H2,(H,13,14)(H,16,17). The summed E-state index contributed by atoms with van der Waals surface area (Å²) in [7, 11) is 0. The van der Waals surface area contributed by atoms with Crippen LogP contribution in [0.5, 0.6) is 0 Å². The van der Waals surface area contributed by atoms with Crippen molar-refractivity contribution < 1.29 is 14.8 Å². The first-order chi connectivity index (χ1) is 9.08. The summed E-state index contributed by atoms with van der Waals surface area (Å²) >= 11 is 0. The molecule has 1 saturated carbocycles. The number of pyridine rings is 1. The van der Waals surface area contributed by atoms with Gasteiger partial charge in [-0.15, -0.1) is 0 Å². The van der Waals surface area contributed by atoms with Gasteiger partial charge in [0.15, 0.2) is 0 Å². The molecule has 0 spiro atoms. The zero-order chi connectivity index (χ0) is 13.8. The number of anilines is 1. The number of hydrogen-bond acceptors (Lipinski definition) is 5. The van der Waals surface area contributed by atoms with Crippen molar-refractivity contribution in [3.63, 3.8) is 0 Å². The van der Waals surface area contributed by atoms with Crippen LogP contribution in [0.4, 0.5) is 11.5 Å². The lowest BCUT2D eigenvalue weighted by molar-refractivity contribution is -0.384. The van der Waals surface area contributed by atoms with Crippen LogP contribution in [-0.4, -0.2) is 27.0 Å². The molecule has 1 aromatic rings. The highest BCUT2D eigenvalue weighted by Crippen LogP contribution is 2.29. The molecule has 1 aliphatic carbocycles. The number of carboxylic acids is 1. The second kappa shape index (κ2) is 5.64. The van der Waals surface area contributed by atoms with Crippen molar-refractivity contribution in [3.05, 3.63) is 28.4 Å². The molecule has 2 unspecified atom stereocenters. The summed E-state index contributed by atoms with van der Waals surface area (Å²) in [6.45, 7) is 0. The van der Waals surface area contributed by atoms with Gasteiger partial charge in [-0.3, -0.25) is 14.9 Å². The van der Waals surface area contributed by atoms with E-state index in [0.29, 0.717) is 12.8 Å². The van der Waals surface area contributed by atoms with Gasteiger partial charge in [0.25, 0.3) is 0 Å². The van der Waals surface area contributed by atoms with E-state index in [1.165, 1.54) is 18.3 Å². The third-order valence-electron chi connectivity index (χ3n) is 3.35. The highest BCUT2D eigenvalue weighted by molar-refractivity contribution is 5.70. The quantitative estimate of drug-likeness (QED) is 0.637. The van der Waals surface area contributed by atoms with Gasteiger partial charge in [-0.2, -0.15) is 0 Å². The van der Waals surface area contributed by atoms with E-state index in [2.05, 4.69) is 10.3 Å². The number of carboxylic acid groups (broad SMARTS) is 1. The van der Waals surface area contributed by atoms with Crippen LogP contribution in [0.3, 0.4) is 0 Å². The normalized spacial score (nSPS) is 22.7. The van der Waals surface area contributed by atoms with E-state index in [4.69, 9.17) is 5.11 Å². The maximum Gasteiger partial charge on any atom is 0.311 e. The molecule has 0 aliphatic heterocycles. The van der Waals surface area contributed by atoms with Crippen molar-refractivity contribution in [2.75, 3.05) is 5.32 Å². The average molecular weight is 265 g/mol. The predicted octanol–water partition coefficient (Wildman–Crippen LogP) is 2.05. The smallest absolute Gasteiger partial charge is 0.311 e. The molecule has 0 aromatic carbocycles. The number of rotatable bonds is 4. The van der Waals surface area contributed by atoms with Crippen LogP contribution >= 0.6 is 0 Å². The molecule has 2 rings (SSSR count). The predicted molar refractivity (Wildman–Crippen MR) is 67.9 cm³/mol. The van der Waals surface area contributed by atoms with Gasteiger partial charge in [-0.25, -0.2) is 4.98 Å². The number of carbonyl (C=O) groups is 1. The molecule has 1 fully saturated rings. The number of aliphatic carboxylic acids is 1. The third kappa shape index (κ3) is 3.18. The van der Waals surface area contributed by atoms with E-state index in [-0.39, 0.29) is 23.5 Å². The number of aromatic nitrogens is 1. The minimum Gasteiger partial charge on any atom is -0.481 e. The van der Waals surface area contributed by atoms with E-state index < -0.39 is 10.9 Å². The molecule has 0 saturated heterocycles. The Bertz CT molecular complexity index is 492. The average Bonchev–Trinajstić information content (AvgIpc) is 2.39. The molecule has 7 nitrogen and oxygen atoms in total. The van der Waals surface area contributed by atoms with Crippen LogP contribution in [0.1, 0.15) is 25.7 Å². The molecule has 7 heteroatoms. The number of nitrogens with one attached hydrogen (secondary N) is 1. The lowest BCUT2D eigenvalue weighted by Crippen LogP contribution is -2.31. The zero-order valence-corrected chi connectivity index (χ0v) is 10.3. The minimum absolute atomic E-state index is 0.0801. The van der Waals surface area contributed by atoms with Crippen molar-refractivity contribution in [1.82, 2.24) is 4.98 Å². The Morgan fingerprint density at radius 2 is 2.32 bits per heavy atom. The van der Waals surface area contributed by atoms with Crippen LogP contribution in [0, 0.1) is 16.0 Å². The van der Waals surface area contributed by atoms with Gasteiger partial charge in [0.1, 0.15) is 0 Å². The highest BCUT2D eigenvalue weighted by Gasteiger charge is 2.28. The van der Waals surface area contributed by atoms with Crippen LogP contribution in [0.2, 0.25) is 0 Å². The maximum atomic E-state index is 11.0. The largest absolute Gasteiger partial charge is 0.481 e. The highest BCUT2D eigenvalue weighted by atomic mass is 16.6. The second-order valence-electron chi connectivity index (χ2n) is 4.67. The maximum absolute atomic E-state index is 11.0. The number of nitro groups is 1. The molecule has 0 bridgehead atoms. The minimum atomic E-state index is -0.804. The second-order valence-corrected chi connectivity index (χ2v) is 4.67. The molecule has 19 heavy (non-hydrogen) atoms. The Kier molecular flexibility index (Phi) is 3.94. The first-order valence-electron chi connectivity index (χ1n) is 6.16. The lowest BCUT2D eigenvalue weighted by atomic mass is 9.86. The Labute approximate surface area is 109 Å². The molecule has 0 radical (unpaired) electrons. The van der Waals surface area contributed by atoms with E-state index in [1.54, 1.807) is 0 Å². The molecule has 1 aromatic heterocycles. The summed E-state index contributed by atoms with van der Waals surface area (Å²) in [5.41, 5.74) is -0.0834. The van der Waals surface area contributed by atoms with Gasteiger partial charge in [0, 0.05) is 18.3 Å². The van der Waals surface area contributed by atoms with Gasteiger partial charge in [-0.05, 0) is 25.3 Å². The van der Waals surface area contributed by atoms with E-state index >= 15 is 0 Å². The molecule has 1 aliphatic rings. The van der Waals surface area contributed by atoms with Crippen molar-refractivity contribution >= 4 is 17.5 Å². The van der Waals surface area contributed by atoms with Crippen molar-refractivity contribution in [2.45, 2.75) is 31.7 Å². The molecule has 2 atom stereocenters. The van der Waals surface area contributed by atoms with Crippen LogP contribution in [-0.2, 0) is 4.79 Å². The molecule has 0 amide bonds. The summed E-state index contributed by atoms with van der Waals surface area (Å²) in [5, 5.41) is 22.9. The van der Waals surface area contributed by atoms with Gasteiger partial charge in [0.05, 0.1) is 10.8 Å². The first-order valence-corrected chi connectivity index (χ1v) is 6.16. The van der Waals surface area contributed by atoms with Gasteiger partial charge in [-0.1, -0.05) is 6.42 Å². The molecule has 1 heterocycles. The van der Waals surface area contributed by atoms with Crippen molar-refractivity contribution in [2.24, 2.45) is 5.92 Å². The van der Waals surface area contributed by atoms with E-state index in [1.807, 2.05) is 0 Å². The van der Waals surface area contributed by atoms with Gasteiger partial charge in [0.2, 0.25) is 5.82 Å². The number of hydrogen-bond donors (Lipinski definition) is 2. The Morgan fingerprint density at radius 3 is 3.00 bits per heavy atom. The van der Waals surface area contributed by atoms with Gasteiger partial charge >= 0.3 is 11.7 Å². The fourth-order valence-corrected chi connectivity index (χ4v) is 2.39. The molecular formula is C12H15N3O4. The van der Waals surface area contributed by atoms with Crippen molar-refractivity contribution in [1.29, 1.82) is 0 Å². The Morgan fingerprint density at radius 1 is 1.53 bits per heavy atom. The zero-order valence-electron chi connectivity index (χ0n) is 10.3. The summed E-state index contributed by atoms with van der Waals surface area (Å²) in [4.78, 5) is 25.3. The molecule has 2 N–H and O–H groups in total. The fraction of sp³-hybridized carbons (Fsp3) is 0.500. The first kappa shape index (κ1) is 13.3. The summed E-state index contributed by atoms with van der Waals surface area (Å²) in [5.74, 6) is -0.973. The lowest BCUT2D eigenvalue weighted by Gasteiger charge is -2.27. The summed E-state index contributed by atoms with van der Waals surface area (Å²) in [6, 6.07) is 2.81. The van der Waals surface area contributed by atoms with E-state index in [9.17, 15) is 14.9 Å². The SMILES string of the molecule is O=C(O)C1CCCC(Nc2ncccc2[N+](=O)[O-])C1. The van der Waals surface area contributed by atoms with Crippen LogP contribution < -0.4 is 5.32 Å². The molecule has 102 valence electrons. The monoisotopic (exact) mass is 265 g/mol. The van der Waals surface area contributed by atoms with Crippen molar-refractivity contribution in [3.8, 4) is 0 Å². The number of nitrogens with zero attached hydrogens (tertiary/aromatic N) is 2. The third-order valence-corrected chi connectivity index (χ3v) is 3.35. The Hall–Kier alpha value is -2.18. The molecular weight excluding hydrogens is 250 g/mol.